The number of hydrogen-bond acceptors (Lipinski definition) is 4. The summed E-state index contributed by atoms with van der Waals surface area (Å²) in [5, 5.41) is 8.55. The zero-order valence-electron chi connectivity index (χ0n) is 12.7. The highest BCUT2D eigenvalue weighted by atomic mass is 35.5. The van der Waals surface area contributed by atoms with Crippen LogP contribution in [0, 0.1) is 12.8 Å². The third-order valence-electron chi connectivity index (χ3n) is 2.96. The van der Waals surface area contributed by atoms with Crippen LogP contribution in [0.3, 0.4) is 0 Å². The van der Waals surface area contributed by atoms with E-state index < -0.39 is 0 Å². The zero-order chi connectivity index (χ0) is 15.0. The molecule has 0 saturated carbocycles. The number of hydrogen-bond donors (Lipinski definition) is 3. The van der Waals surface area contributed by atoms with Crippen LogP contribution in [0.5, 0.6) is 0 Å². The molecule has 0 radical (unpaired) electrons. The molecule has 6 nitrogen and oxygen atoms in total. The second kappa shape index (κ2) is 10.2. The van der Waals surface area contributed by atoms with E-state index in [2.05, 4.69) is 16.0 Å². The normalized spacial score (nSPS) is 11.4. The fraction of sp³-hybridized carbons (Fsp3) is 0.571. The summed E-state index contributed by atoms with van der Waals surface area (Å²) in [7, 11) is 1.82. The molecule has 1 aromatic heterocycles. The maximum Gasteiger partial charge on any atom is 0.287 e. The summed E-state index contributed by atoms with van der Waals surface area (Å²) < 4.78 is 5.09. The van der Waals surface area contributed by atoms with Crippen molar-refractivity contribution in [1.82, 2.24) is 16.0 Å². The van der Waals surface area contributed by atoms with Crippen molar-refractivity contribution in [1.29, 1.82) is 0 Å². The molecule has 0 bridgehead atoms. The number of halogens is 1. The molecule has 1 unspecified atom stereocenters. The standard InChI is InChI=1S/C14H23N3O3.ClH/c1-10-5-8-20-12(10)14(19)17-7-4-6-16-13(18)11(2)9-15-3;/h5,8,11,15H,4,6-7,9H2,1-3H3,(H,16,18)(H,17,19);1H. The lowest BCUT2D eigenvalue weighted by molar-refractivity contribution is -0.124. The Morgan fingerprint density at radius 1 is 1.29 bits per heavy atom. The van der Waals surface area contributed by atoms with Gasteiger partial charge < -0.3 is 20.4 Å². The Morgan fingerprint density at radius 2 is 1.95 bits per heavy atom. The van der Waals surface area contributed by atoms with Crippen LogP contribution in [0.15, 0.2) is 16.7 Å². The Morgan fingerprint density at radius 3 is 2.52 bits per heavy atom. The van der Waals surface area contributed by atoms with Gasteiger partial charge in [-0.15, -0.1) is 12.4 Å². The van der Waals surface area contributed by atoms with Crippen molar-refractivity contribution in [3.8, 4) is 0 Å². The van der Waals surface area contributed by atoms with Gasteiger partial charge in [0.2, 0.25) is 5.91 Å². The number of carbonyl (C=O) groups excluding carboxylic acids is 2. The van der Waals surface area contributed by atoms with Crippen molar-refractivity contribution in [2.75, 3.05) is 26.7 Å². The summed E-state index contributed by atoms with van der Waals surface area (Å²) in [5.41, 5.74) is 0.816. The summed E-state index contributed by atoms with van der Waals surface area (Å²) in [5.74, 6) is 0.0898. The molecule has 0 saturated heterocycles. The molecule has 1 aromatic rings. The highest BCUT2D eigenvalue weighted by molar-refractivity contribution is 5.92. The monoisotopic (exact) mass is 317 g/mol. The molecule has 7 heteroatoms. The quantitative estimate of drug-likeness (QED) is 0.627. The summed E-state index contributed by atoms with van der Waals surface area (Å²) >= 11 is 0. The van der Waals surface area contributed by atoms with E-state index in [-0.39, 0.29) is 30.1 Å². The van der Waals surface area contributed by atoms with Gasteiger partial charge in [-0.05, 0) is 26.5 Å². The largest absolute Gasteiger partial charge is 0.459 e. The van der Waals surface area contributed by atoms with Crippen LogP contribution in [0.4, 0.5) is 0 Å². The molecule has 0 aromatic carbocycles. The predicted octanol–water partition coefficient (Wildman–Crippen LogP) is 1.10. The van der Waals surface area contributed by atoms with Gasteiger partial charge in [-0.3, -0.25) is 9.59 Å². The van der Waals surface area contributed by atoms with Crippen LogP contribution in [0.2, 0.25) is 0 Å². The maximum atomic E-state index is 11.7. The van der Waals surface area contributed by atoms with Gasteiger partial charge >= 0.3 is 0 Å². The molecular formula is C14H24ClN3O3. The van der Waals surface area contributed by atoms with Crippen molar-refractivity contribution in [3.05, 3.63) is 23.7 Å². The van der Waals surface area contributed by atoms with Crippen LogP contribution < -0.4 is 16.0 Å². The molecule has 0 aliphatic carbocycles. The van der Waals surface area contributed by atoms with Crippen molar-refractivity contribution in [2.45, 2.75) is 20.3 Å². The first-order valence-corrected chi connectivity index (χ1v) is 6.81. The molecular weight excluding hydrogens is 294 g/mol. The van der Waals surface area contributed by atoms with E-state index in [1.807, 2.05) is 20.9 Å². The first kappa shape index (κ1) is 19.5. The Kier molecular flexibility index (Phi) is 9.49. The van der Waals surface area contributed by atoms with Gasteiger partial charge in [0.1, 0.15) is 0 Å². The van der Waals surface area contributed by atoms with Crippen molar-refractivity contribution in [2.24, 2.45) is 5.92 Å². The van der Waals surface area contributed by atoms with Crippen molar-refractivity contribution >= 4 is 24.2 Å². The number of aryl methyl sites for hydroxylation is 1. The second-order valence-electron chi connectivity index (χ2n) is 4.79. The van der Waals surface area contributed by atoms with Crippen LogP contribution in [0.25, 0.3) is 0 Å². The molecule has 3 N–H and O–H groups in total. The lowest BCUT2D eigenvalue weighted by Crippen LogP contribution is -2.36. The molecule has 1 rings (SSSR count). The molecule has 120 valence electrons. The van der Waals surface area contributed by atoms with Crippen LogP contribution in [-0.2, 0) is 4.79 Å². The summed E-state index contributed by atoms with van der Waals surface area (Å²) in [6.07, 6.45) is 2.18. The van der Waals surface area contributed by atoms with Crippen LogP contribution in [0.1, 0.15) is 29.5 Å². The smallest absolute Gasteiger partial charge is 0.287 e. The summed E-state index contributed by atoms with van der Waals surface area (Å²) in [6, 6.07) is 1.75. The minimum Gasteiger partial charge on any atom is -0.459 e. The molecule has 2 amide bonds. The van der Waals surface area contributed by atoms with E-state index in [1.165, 1.54) is 6.26 Å². The Labute approximate surface area is 131 Å². The third kappa shape index (κ3) is 6.64. The van der Waals surface area contributed by atoms with Gasteiger partial charge in [0.05, 0.1) is 6.26 Å². The zero-order valence-corrected chi connectivity index (χ0v) is 13.5. The van der Waals surface area contributed by atoms with E-state index >= 15 is 0 Å². The average molecular weight is 318 g/mol. The fourth-order valence-electron chi connectivity index (χ4n) is 1.76. The Hall–Kier alpha value is -1.53. The number of nitrogens with one attached hydrogen (secondary N) is 3. The SMILES string of the molecule is CNCC(C)C(=O)NCCCNC(=O)c1occc1C.Cl. The van der Waals surface area contributed by atoms with Crippen LogP contribution in [-0.4, -0.2) is 38.5 Å². The Bertz CT molecular complexity index is 448. The van der Waals surface area contributed by atoms with Gasteiger partial charge in [0, 0.05) is 31.1 Å². The van der Waals surface area contributed by atoms with Crippen LogP contribution >= 0.6 is 12.4 Å². The lowest BCUT2D eigenvalue weighted by atomic mass is 10.1. The van der Waals surface area contributed by atoms with Gasteiger partial charge in [0.15, 0.2) is 5.76 Å². The molecule has 1 heterocycles. The van der Waals surface area contributed by atoms with Crippen molar-refractivity contribution in [3.63, 3.8) is 0 Å². The van der Waals surface area contributed by atoms with Gasteiger partial charge in [0.25, 0.3) is 5.91 Å². The van der Waals surface area contributed by atoms with E-state index in [9.17, 15) is 9.59 Å². The maximum absolute atomic E-state index is 11.7. The first-order valence-electron chi connectivity index (χ1n) is 6.81. The predicted molar refractivity (Wildman–Crippen MR) is 83.7 cm³/mol. The summed E-state index contributed by atoms with van der Waals surface area (Å²) in [4.78, 5) is 23.3. The minimum absolute atomic E-state index is 0. The number of furan rings is 1. The van der Waals surface area contributed by atoms with Gasteiger partial charge in [-0.1, -0.05) is 6.92 Å². The molecule has 0 aliphatic heterocycles. The molecule has 0 aliphatic rings. The summed E-state index contributed by atoms with van der Waals surface area (Å²) in [6.45, 7) is 5.39. The van der Waals surface area contributed by atoms with E-state index in [4.69, 9.17) is 4.42 Å². The fourth-order valence-corrected chi connectivity index (χ4v) is 1.76. The highest BCUT2D eigenvalue weighted by Gasteiger charge is 2.12. The first-order chi connectivity index (χ1) is 9.56. The highest BCUT2D eigenvalue weighted by Crippen LogP contribution is 2.07. The lowest BCUT2D eigenvalue weighted by Gasteiger charge is -2.11. The third-order valence-corrected chi connectivity index (χ3v) is 2.96. The van der Waals surface area contributed by atoms with Gasteiger partial charge in [-0.2, -0.15) is 0 Å². The van der Waals surface area contributed by atoms with Crippen molar-refractivity contribution < 1.29 is 14.0 Å². The number of carbonyl (C=O) groups is 2. The van der Waals surface area contributed by atoms with Gasteiger partial charge in [-0.25, -0.2) is 0 Å². The Balaban J connectivity index is 0.00000400. The number of amides is 2. The number of rotatable bonds is 8. The molecule has 21 heavy (non-hydrogen) atoms. The van der Waals surface area contributed by atoms with E-state index in [0.717, 1.165) is 5.56 Å². The molecule has 0 spiro atoms. The average Bonchev–Trinajstić information content (AvgIpc) is 2.84. The second-order valence-corrected chi connectivity index (χ2v) is 4.79. The molecule has 0 fully saturated rings. The van der Waals surface area contributed by atoms with E-state index in [1.54, 1.807) is 6.07 Å². The topological polar surface area (TPSA) is 83.4 Å². The minimum atomic E-state index is -0.220. The van der Waals surface area contributed by atoms with E-state index in [0.29, 0.717) is 31.8 Å². The molecule has 1 atom stereocenters.